The molecule has 0 aliphatic carbocycles. The van der Waals surface area contributed by atoms with Gasteiger partial charge in [-0.3, -0.25) is 4.79 Å². The summed E-state index contributed by atoms with van der Waals surface area (Å²) in [5, 5.41) is 8.72. The van der Waals surface area contributed by atoms with Crippen molar-refractivity contribution in [3.63, 3.8) is 0 Å². The molecule has 0 spiro atoms. The van der Waals surface area contributed by atoms with E-state index in [2.05, 4.69) is 53.1 Å². The second-order valence-electron chi connectivity index (χ2n) is 9.03. The van der Waals surface area contributed by atoms with E-state index >= 15 is 0 Å². The molecule has 190 valence electrons. The zero-order chi connectivity index (χ0) is 24.9. The van der Waals surface area contributed by atoms with Crippen LogP contribution in [0.2, 0.25) is 0 Å². The highest BCUT2D eigenvalue weighted by Gasteiger charge is 2.12. The molecular formula is C27H40INO5. The van der Waals surface area contributed by atoms with E-state index in [1.54, 1.807) is 0 Å². The van der Waals surface area contributed by atoms with E-state index in [0.29, 0.717) is 25.2 Å². The van der Waals surface area contributed by atoms with Crippen molar-refractivity contribution in [2.24, 2.45) is 0 Å². The third-order valence-corrected chi connectivity index (χ3v) is 6.57. The molecule has 2 atom stereocenters. The highest BCUT2D eigenvalue weighted by Crippen LogP contribution is 2.28. The van der Waals surface area contributed by atoms with Gasteiger partial charge in [-0.2, -0.15) is 0 Å². The molecule has 2 rings (SSSR count). The lowest BCUT2D eigenvalue weighted by Gasteiger charge is -2.17. The van der Waals surface area contributed by atoms with Gasteiger partial charge in [-0.25, -0.2) is 0 Å². The van der Waals surface area contributed by atoms with E-state index in [1.807, 2.05) is 26.0 Å². The molecule has 2 unspecified atom stereocenters. The average Bonchev–Trinajstić information content (AvgIpc) is 3.28. The van der Waals surface area contributed by atoms with Gasteiger partial charge in [0.1, 0.15) is 11.5 Å². The Kier molecular flexibility index (Phi) is 13.0. The number of aryl methyl sites for hydroxylation is 1. The summed E-state index contributed by atoms with van der Waals surface area (Å²) in [5.74, 6) is 0.747. The van der Waals surface area contributed by atoms with Crippen LogP contribution in [0.25, 0.3) is 0 Å². The average molecular weight is 586 g/mol. The minimum atomic E-state index is -0.781. The third kappa shape index (κ3) is 11.2. The second kappa shape index (κ2) is 15.4. The molecule has 1 aromatic rings. The first-order valence-corrected chi connectivity index (χ1v) is 13.3. The Morgan fingerprint density at radius 2 is 2.00 bits per heavy atom. The number of hydrogen-bond donors (Lipinski definition) is 1. The zero-order valence-electron chi connectivity index (χ0n) is 20.9. The summed E-state index contributed by atoms with van der Waals surface area (Å²) in [7, 11) is 0. The highest BCUT2D eigenvalue weighted by atomic mass is 127. The van der Waals surface area contributed by atoms with Crippen LogP contribution in [0.4, 0.5) is 0 Å². The lowest BCUT2D eigenvalue weighted by molar-refractivity contribution is -0.137. The molecule has 1 heterocycles. The number of rotatable bonds is 16. The monoisotopic (exact) mass is 585 g/mol. The number of ether oxygens (including phenoxy) is 3. The zero-order valence-corrected chi connectivity index (χ0v) is 23.0. The Hall–Kier alpha value is -1.58. The fraction of sp³-hybridized carbons (Fsp3) is 0.593. The third-order valence-electron chi connectivity index (χ3n) is 5.77. The Morgan fingerprint density at radius 3 is 2.68 bits per heavy atom. The molecule has 34 heavy (non-hydrogen) atoms. The predicted molar refractivity (Wildman–Crippen MR) is 144 cm³/mol. The van der Waals surface area contributed by atoms with Gasteiger partial charge in [-0.1, -0.05) is 18.7 Å². The molecule has 0 saturated carbocycles. The van der Waals surface area contributed by atoms with Crippen molar-refractivity contribution in [3.8, 4) is 5.75 Å². The maximum Gasteiger partial charge on any atom is 0.303 e. The summed E-state index contributed by atoms with van der Waals surface area (Å²) in [6.07, 6.45) is 8.71. The molecule has 1 N–H and O–H groups in total. The molecule has 1 aromatic carbocycles. The first-order chi connectivity index (χ1) is 16.2. The van der Waals surface area contributed by atoms with Crippen molar-refractivity contribution in [2.45, 2.75) is 78.1 Å². The van der Waals surface area contributed by atoms with Gasteiger partial charge in [0.05, 0.1) is 29.0 Å². The summed E-state index contributed by atoms with van der Waals surface area (Å²) in [6, 6.07) is 4.26. The first-order valence-electron chi connectivity index (χ1n) is 12.3. The van der Waals surface area contributed by atoms with E-state index in [-0.39, 0.29) is 18.6 Å². The molecule has 0 radical (unpaired) electrons. The number of halogens is 1. The van der Waals surface area contributed by atoms with Crippen molar-refractivity contribution in [1.29, 1.82) is 0 Å². The van der Waals surface area contributed by atoms with Gasteiger partial charge >= 0.3 is 5.97 Å². The maximum absolute atomic E-state index is 10.6. The van der Waals surface area contributed by atoms with Gasteiger partial charge in [0.25, 0.3) is 0 Å². The number of aliphatic carboxylic acids is 1. The molecular weight excluding hydrogens is 545 g/mol. The topological polar surface area (TPSA) is 68.2 Å². The molecule has 6 nitrogen and oxygen atoms in total. The van der Waals surface area contributed by atoms with Gasteiger partial charge in [0, 0.05) is 13.0 Å². The number of likely N-dealkylation sites (tertiary alicyclic amines) is 1. The molecule has 1 fully saturated rings. The molecule has 1 aliphatic heterocycles. The van der Waals surface area contributed by atoms with Gasteiger partial charge in [0.15, 0.2) is 0 Å². The normalized spacial score (nSPS) is 16.0. The lowest BCUT2D eigenvalue weighted by atomic mass is 10.1. The number of hydrogen-bond acceptors (Lipinski definition) is 5. The summed E-state index contributed by atoms with van der Waals surface area (Å²) < 4.78 is 18.9. The van der Waals surface area contributed by atoms with Crippen LogP contribution in [0.3, 0.4) is 0 Å². The number of allylic oxidation sites excluding steroid dienone is 1. The van der Waals surface area contributed by atoms with Crippen LogP contribution >= 0.6 is 22.6 Å². The Bertz CT molecular complexity index is 796. The molecule has 1 aliphatic rings. The maximum atomic E-state index is 10.6. The molecule has 0 aromatic heterocycles. The van der Waals surface area contributed by atoms with E-state index in [4.69, 9.17) is 19.3 Å². The van der Waals surface area contributed by atoms with Crippen LogP contribution in [0, 0.1) is 10.5 Å². The minimum Gasteiger partial charge on any atom is -0.492 e. The van der Waals surface area contributed by atoms with Crippen molar-refractivity contribution in [2.75, 3.05) is 26.2 Å². The number of carboxylic acid groups (broad SMARTS) is 1. The SMILES string of the molecule is C=C(/C=C\C(C)OCc1cc(C)c(OCCCN2CCCC2)c(I)c1)OC(C)CCCC(=O)O. The minimum absolute atomic E-state index is 0.0706. The summed E-state index contributed by atoms with van der Waals surface area (Å²) >= 11 is 2.34. The summed E-state index contributed by atoms with van der Waals surface area (Å²) in [5.41, 5.74) is 2.25. The Morgan fingerprint density at radius 1 is 1.26 bits per heavy atom. The van der Waals surface area contributed by atoms with Crippen LogP contribution in [0.1, 0.15) is 63.5 Å². The Balaban J connectivity index is 1.72. The fourth-order valence-electron chi connectivity index (χ4n) is 3.96. The number of carboxylic acids is 1. The molecule has 0 amide bonds. The van der Waals surface area contributed by atoms with E-state index in [0.717, 1.165) is 40.0 Å². The van der Waals surface area contributed by atoms with Crippen molar-refractivity contribution < 1.29 is 24.1 Å². The van der Waals surface area contributed by atoms with Crippen molar-refractivity contribution in [1.82, 2.24) is 4.90 Å². The van der Waals surface area contributed by atoms with Crippen LogP contribution in [0.5, 0.6) is 5.75 Å². The van der Waals surface area contributed by atoms with Crippen LogP contribution in [0.15, 0.2) is 36.6 Å². The quantitative estimate of drug-likeness (QED) is 0.110. The van der Waals surface area contributed by atoms with E-state index in [9.17, 15) is 4.79 Å². The first kappa shape index (κ1) is 28.7. The van der Waals surface area contributed by atoms with E-state index in [1.165, 1.54) is 25.9 Å². The smallest absolute Gasteiger partial charge is 0.303 e. The molecule has 0 bridgehead atoms. The number of nitrogens with zero attached hydrogens (tertiary/aromatic N) is 1. The van der Waals surface area contributed by atoms with E-state index < -0.39 is 5.97 Å². The van der Waals surface area contributed by atoms with Crippen molar-refractivity contribution in [3.05, 3.63) is 51.3 Å². The fourth-order valence-corrected chi connectivity index (χ4v) is 4.94. The van der Waals surface area contributed by atoms with Crippen LogP contribution in [-0.4, -0.2) is 54.4 Å². The second-order valence-corrected chi connectivity index (χ2v) is 10.2. The molecule has 7 heteroatoms. The van der Waals surface area contributed by atoms with Crippen LogP contribution < -0.4 is 4.74 Å². The summed E-state index contributed by atoms with van der Waals surface area (Å²) in [6.45, 7) is 14.7. The number of benzene rings is 1. The van der Waals surface area contributed by atoms with Gasteiger partial charge in [-0.05, 0) is 112 Å². The van der Waals surface area contributed by atoms with Gasteiger partial charge in [0.2, 0.25) is 0 Å². The Labute approximate surface area is 218 Å². The largest absolute Gasteiger partial charge is 0.492 e. The predicted octanol–water partition coefficient (Wildman–Crippen LogP) is 6.10. The van der Waals surface area contributed by atoms with Gasteiger partial charge < -0.3 is 24.2 Å². The van der Waals surface area contributed by atoms with Crippen LogP contribution in [-0.2, 0) is 20.9 Å². The molecule has 1 saturated heterocycles. The lowest BCUT2D eigenvalue weighted by Crippen LogP contribution is -2.22. The van der Waals surface area contributed by atoms with Gasteiger partial charge in [-0.15, -0.1) is 0 Å². The van der Waals surface area contributed by atoms with Crippen molar-refractivity contribution >= 4 is 28.6 Å². The summed E-state index contributed by atoms with van der Waals surface area (Å²) in [4.78, 5) is 13.1. The number of carbonyl (C=O) groups is 1. The standard InChI is InChI=1S/C27H40INO5/c1-20-17-24(18-25(28)27(20)32-16-8-15-29-13-5-6-14-29)19-33-21(2)11-12-23(4)34-22(3)9-7-10-26(30)31/h11-12,17-18,21-22H,4-10,13-16,19H2,1-3H3,(H,30,31)/b12-11-. The highest BCUT2D eigenvalue weighted by molar-refractivity contribution is 14.1.